The highest BCUT2D eigenvalue weighted by Gasteiger charge is 2.19. The van der Waals surface area contributed by atoms with E-state index in [2.05, 4.69) is 5.32 Å². The summed E-state index contributed by atoms with van der Waals surface area (Å²) in [5.41, 5.74) is 0. The molecule has 0 saturated carbocycles. The molecule has 0 aromatic carbocycles. The predicted molar refractivity (Wildman–Crippen MR) is 57.8 cm³/mol. The van der Waals surface area contributed by atoms with Crippen molar-refractivity contribution in [2.24, 2.45) is 0 Å². The summed E-state index contributed by atoms with van der Waals surface area (Å²) in [6.45, 7) is 1.96. The van der Waals surface area contributed by atoms with Gasteiger partial charge in [0.15, 0.2) is 0 Å². The summed E-state index contributed by atoms with van der Waals surface area (Å²) in [6.07, 6.45) is 2.04. The van der Waals surface area contributed by atoms with Gasteiger partial charge in [0.05, 0.1) is 0 Å². The number of aromatic carboxylic acids is 1. The van der Waals surface area contributed by atoms with E-state index in [4.69, 9.17) is 9.52 Å². The van der Waals surface area contributed by atoms with E-state index in [1.807, 2.05) is 0 Å². The normalized spacial score (nSPS) is 17.1. The highest BCUT2D eigenvalue weighted by molar-refractivity contribution is 5.85. The van der Waals surface area contributed by atoms with Gasteiger partial charge in [-0.2, -0.15) is 0 Å². The number of carbonyl (C=O) groups is 1. The molecule has 5 heteroatoms. The van der Waals surface area contributed by atoms with E-state index in [-0.39, 0.29) is 18.2 Å². The molecular weight excluding hydrogens is 218 g/mol. The first-order chi connectivity index (χ1) is 6.77. The van der Waals surface area contributed by atoms with E-state index in [0.717, 1.165) is 31.7 Å². The fourth-order valence-electron chi connectivity index (χ4n) is 1.79. The van der Waals surface area contributed by atoms with E-state index in [1.54, 1.807) is 6.07 Å². The maximum atomic E-state index is 10.6. The Morgan fingerprint density at radius 3 is 2.60 bits per heavy atom. The Kier molecular flexibility index (Phi) is 4.17. The Labute approximate surface area is 94.1 Å². The van der Waals surface area contributed by atoms with E-state index in [9.17, 15) is 4.79 Å². The number of piperidine rings is 1. The molecule has 1 aromatic heterocycles. The van der Waals surface area contributed by atoms with Crippen LogP contribution in [0, 0.1) is 0 Å². The minimum absolute atomic E-state index is 0. The van der Waals surface area contributed by atoms with Crippen molar-refractivity contribution in [1.82, 2.24) is 5.32 Å². The number of carboxylic acid groups (broad SMARTS) is 1. The lowest BCUT2D eigenvalue weighted by Crippen LogP contribution is -2.26. The monoisotopic (exact) mass is 231 g/mol. The fraction of sp³-hybridized carbons (Fsp3) is 0.500. The maximum Gasteiger partial charge on any atom is 0.371 e. The number of carboxylic acids is 1. The van der Waals surface area contributed by atoms with Crippen molar-refractivity contribution in [2.45, 2.75) is 18.8 Å². The highest BCUT2D eigenvalue weighted by atomic mass is 35.5. The molecule has 0 atom stereocenters. The molecule has 1 fully saturated rings. The molecule has 0 amide bonds. The zero-order chi connectivity index (χ0) is 9.97. The Balaban J connectivity index is 0.00000112. The Hall–Kier alpha value is -1.00. The SMILES string of the molecule is Cl.O=C(O)c1ccc(C2CCNCC2)o1. The Bertz CT molecular complexity index is 331. The van der Waals surface area contributed by atoms with Crippen LogP contribution in [0.3, 0.4) is 0 Å². The Morgan fingerprint density at radius 2 is 2.07 bits per heavy atom. The summed E-state index contributed by atoms with van der Waals surface area (Å²) in [5, 5.41) is 11.9. The second-order valence-corrected chi connectivity index (χ2v) is 3.53. The minimum Gasteiger partial charge on any atom is -0.475 e. The second-order valence-electron chi connectivity index (χ2n) is 3.53. The van der Waals surface area contributed by atoms with E-state index < -0.39 is 5.97 Å². The lowest BCUT2D eigenvalue weighted by atomic mass is 9.96. The average Bonchev–Trinajstić information content (AvgIpc) is 2.68. The molecule has 1 aliphatic rings. The van der Waals surface area contributed by atoms with Gasteiger partial charge in [0, 0.05) is 5.92 Å². The van der Waals surface area contributed by atoms with Crippen LogP contribution >= 0.6 is 12.4 Å². The first-order valence-corrected chi connectivity index (χ1v) is 4.81. The minimum atomic E-state index is -0.995. The molecule has 84 valence electrons. The molecule has 0 spiro atoms. The molecule has 1 aliphatic heterocycles. The molecule has 1 saturated heterocycles. The smallest absolute Gasteiger partial charge is 0.371 e. The van der Waals surface area contributed by atoms with Crippen LogP contribution in [0.4, 0.5) is 0 Å². The van der Waals surface area contributed by atoms with Crippen molar-refractivity contribution in [2.75, 3.05) is 13.1 Å². The van der Waals surface area contributed by atoms with Crippen LogP contribution in [0.15, 0.2) is 16.5 Å². The summed E-state index contributed by atoms with van der Waals surface area (Å²) >= 11 is 0. The molecular formula is C10H14ClNO3. The van der Waals surface area contributed by atoms with Gasteiger partial charge in [-0.25, -0.2) is 4.79 Å². The summed E-state index contributed by atoms with van der Waals surface area (Å²) in [6, 6.07) is 3.30. The lowest BCUT2D eigenvalue weighted by Gasteiger charge is -2.20. The molecule has 2 N–H and O–H groups in total. The topological polar surface area (TPSA) is 62.5 Å². The number of nitrogens with one attached hydrogen (secondary N) is 1. The van der Waals surface area contributed by atoms with Crippen LogP contribution in [-0.2, 0) is 0 Å². The molecule has 0 unspecified atom stereocenters. The molecule has 2 heterocycles. The fourth-order valence-corrected chi connectivity index (χ4v) is 1.79. The third kappa shape index (κ3) is 2.73. The molecule has 0 bridgehead atoms. The quantitative estimate of drug-likeness (QED) is 0.816. The molecule has 0 aliphatic carbocycles. The third-order valence-corrected chi connectivity index (χ3v) is 2.58. The summed E-state index contributed by atoms with van der Waals surface area (Å²) in [4.78, 5) is 10.6. The van der Waals surface area contributed by atoms with Crippen molar-refractivity contribution in [3.8, 4) is 0 Å². The van der Waals surface area contributed by atoms with Crippen LogP contribution < -0.4 is 5.32 Å². The van der Waals surface area contributed by atoms with Crippen molar-refractivity contribution >= 4 is 18.4 Å². The molecule has 2 rings (SSSR count). The Morgan fingerprint density at radius 1 is 1.40 bits per heavy atom. The van der Waals surface area contributed by atoms with Crippen LogP contribution in [0.2, 0.25) is 0 Å². The standard InChI is InChI=1S/C10H13NO3.ClH/c12-10(13)9-2-1-8(14-9)7-3-5-11-6-4-7;/h1-2,7,11H,3-6H2,(H,12,13);1H. The van der Waals surface area contributed by atoms with Gasteiger partial charge in [0.25, 0.3) is 0 Å². The summed E-state index contributed by atoms with van der Waals surface area (Å²) in [7, 11) is 0. The van der Waals surface area contributed by atoms with E-state index >= 15 is 0 Å². The summed E-state index contributed by atoms with van der Waals surface area (Å²) < 4.78 is 5.26. The van der Waals surface area contributed by atoms with Gasteiger partial charge in [-0.1, -0.05) is 0 Å². The molecule has 0 radical (unpaired) electrons. The van der Waals surface area contributed by atoms with Crippen molar-refractivity contribution in [1.29, 1.82) is 0 Å². The average molecular weight is 232 g/mol. The molecule has 4 nitrogen and oxygen atoms in total. The van der Waals surface area contributed by atoms with Gasteiger partial charge in [-0.3, -0.25) is 0 Å². The first-order valence-electron chi connectivity index (χ1n) is 4.81. The number of hydrogen-bond donors (Lipinski definition) is 2. The number of hydrogen-bond acceptors (Lipinski definition) is 3. The zero-order valence-electron chi connectivity index (χ0n) is 8.23. The number of halogens is 1. The van der Waals surface area contributed by atoms with Crippen LogP contribution in [0.25, 0.3) is 0 Å². The third-order valence-electron chi connectivity index (χ3n) is 2.58. The van der Waals surface area contributed by atoms with Gasteiger partial charge in [-0.15, -0.1) is 12.4 Å². The van der Waals surface area contributed by atoms with E-state index in [1.165, 1.54) is 6.07 Å². The van der Waals surface area contributed by atoms with Crippen molar-refractivity contribution in [3.63, 3.8) is 0 Å². The predicted octanol–water partition coefficient (Wildman–Crippen LogP) is 1.87. The molecule has 15 heavy (non-hydrogen) atoms. The van der Waals surface area contributed by atoms with Gasteiger partial charge in [-0.05, 0) is 38.1 Å². The lowest BCUT2D eigenvalue weighted by molar-refractivity contribution is 0.0659. The molecule has 1 aromatic rings. The zero-order valence-corrected chi connectivity index (χ0v) is 9.05. The largest absolute Gasteiger partial charge is 0.475 e. The number of furan rings is 1. The summed E-state index contributed by atoms with van der Waals surface area (Å²) in [5.74, 6) is 0.233. The van der Waals surface area contributed by atoms with Gasteiger partial charge < -0.3 is 14.8 Å². The van der Waals surface area contributed by atoms with Gasteiger partial charge in [0.1, 0.15) is 5.76 Å². The maximum absolute atomic E-state index is 10.6. The van der Waals surface area contributed by atoms with Crippen LogP contribution in [0.5, 0.6) is 0 Å². The first kappa shape index (κ1) is 12.1. The van der Waals surface area contributed by atoms with Crippen molar-refractivity contribution in [3.05, 3.63) is 23.7 Å². The van der Waals surface area contributed by atoms with Gasteiger partial charge >= 0.3 is 5.97 Å². The van der Waals surface area contributed by atoms with Crippen molar-refractivity contribution < 1.29 is 14.3 Å². The number of rotatable bonds is 2. The second kappa shape index (κ2) is 5.19. The van der Waals surface area contributed by atoms with Crippen LogP contribution in [-0.4, -0.2) is 24.2 Å². The van der Waals surface area contributed by atoms with Crippen LogP contribution in [0.1, 0.15) is 35.1 Å². The highest BCUT2D eigenvalue weighted by Crippen LogP contribution is 2.26. The van der Waals surface area contributed by atoms with Gasteiger partial charge in [0.2, 0.25) is 5.76 Å². The van der Waals surface area contributed by atoms with E-state index in [0.29, 0.717) is 5.92 Å².